The summed E-state index contributed by atoms with van der Waals surface area (Å²) in [4.78, 5) is 15.9. The number of methoxy groups -OCH3 is 2. The van der Waals surface area contributed by atoms with Crippen LogP contribution >= 0.6 is 0 Å². The van der Waals surface area contributed by atoms with Crippen LogP contribution in [0.15, 0.2) is 41.6 Å². The lowest BCUT2D eigenvalue weighted by Crippen LogP contribution is -2.42. The van der Waals surface area contributed by atoms with E-state index in [2.05, 4.69) is 10.3 Å². The average molecular weight is 524 g/mol. The maximum Gasteiger partial charge on any atom is 0.417 e. The van der Waals surface area contributed by atoms with Crippen molar-refractivity contribution in [3.05, 3.63) is 42.2 Å². The molecule has 3 atom stereocenters. The third-order valence-electron chi connectivity index (χ3n) is 6.74. The van der Waals surface area contributed by atoms with Crippen LogP contribution in [0.3, 0.4) is 0 Å². The third kappa shape index (κ3) is 4.90. The number of nitrogens with zero attached hydrogens (tertiary/aromatic N) is 2. The van der Waals surface area contributed by atoms with E-state index < -0.39 is 55.2 Å². The molecule has 0 unspecified atom stereocenters. The lowest BCUT2D eigenvalue weighted by atomic mass is 10.0. The number of nitrogens with one attached hydrogen (secondary N) is 1. The number of carbonyl (C=O) groups excluding carboxylic acids is 1. The van der Waals surface area contributed by atoms with Gasteiger partial charge in [0.05, 0.1) is 47.1 Å². The highest BCUT2D eigenvalue weighted by Gasteiger charge is 2.51. The molecule has 0 aliphatic heterocycles. The fourth-order valence-electron chi connectivity index (χ4n) is 4.51. The summed E-state index contributed by atoms with van der Waals surface area (Å²) in [6.07, 6.45) is -2.39. The summed E-state index contributed by atoms with van der Waals surface area (Å²) in [6.45, 7) is 0. The molecule has 1 amide bonds. The zero-order valence-corrected chi connectivity index (χ0v) is 20.3. The minimum atomic E-state index is -4.95. The molecule has 2 saturated carbocycles. The minimum absolute atomic E-state index is 0.123. The van der Waals surface area contributed by atoms with Crippen molar-refractivity contribution in [3.8, 4) is 22.9 Å². The highest BCUT2D eigenvalue weighted by Crippen LogP contribution is 2.43. The van der Waals surface area contributed by atoms with Crippen LogP contribution in [0.1, 0.15) is 31.2 Å². The predicted octanol–water partition coefficient (Wildman–Crippen LogP) is 3.52. The molecule has 2 aliphatic rings. The monoisotopic (exact) mass is 523 g/mol. The number of halogens is 3. The summed E-state index contributed by atoms with van der Waals surface area (Å²) in [5.41, 5.74) is -1.81. The molecule has 1 heterocycles. The molecule has 2 aromatic rings. The Labute approximate surface area is 206 Å². The molecule has 12 heteroatoms. The van der Waals surface area contributed by atoms with E-state index in [0.717, 1.165) is 12.1 Å². The van der Waals surface area contributed by atoms with Crippen LogP contribution in [0.25, 0.3) is 11.1 Å². The van der Waals surface area contributed by atoms with E-state index in [0.29, 0.717) is 24.2 Å². The van der Waals surface area contributed by atoms with Crippen molar-refractivity contribution >= 4 is 15.7 Å². The van der Waals surface area contributed by atoms with Gasteiger partial charge >= 0.3 is 6.18 Å². The topological polar surface area (TPSA) is 118 Å². The number of aromatic nitrogens is 1. The molecule has 192 valence electrons. The molecule has 0 saturated heterocycles. The molecule has 0 radical (unpaired) electrons. The number of alkyl halides is 3. The van der Waals surface area contributed by atoms with E-state index >= 15 is 0 Å². The normalized spacial score (nSPS) is 23.1. The van der Waals surface area contributed by atoms with Crippen LogP contribution in [-0.4, -0.2) is 50.4 Å². The number of amides is 1. The molecule has 0 bridgehead atoms. The summed E-state index contributed by atoms with van der Waals surface area (Å²) in [5.74, 6) is -1.10. The second-order valence-electron chi connectivity index (χ2n) is 9.02. The Morgan fingerprint density at radius 1 is 1.17 bits per heavy atom. The van der Waals surface area contributed by atoms with E-state index in [4.69, 9.17) is 9.47 Å². The van der Waals surface area contributed by atoms with Crippen molar-refractivity contribution < 1.29 is 35.9 Å². The average Bonchev–Trinajstić information content (AvgIpc) is 3.48. The molecule has 4 rings (SSSR count). The van der Waals surface area contributed by atoms with Crippen LogP contribution < -0.4 is 10.1 Å². The van der Waals surface area contributed by atoms with Crippen LogP contribution in [0, 0.1) is 17.2 Å². The molecule has 2 aliphatic carbocycles. The van der Waals surface area contributed by atoms with Crippen molar-refractivity contribution in [2.24, 2.45) is 5.92 Å². The fraction of sp³-hybridized carbons (Fsp3) is 0.458. The third-order valence-corrected chi connectivity index (χ3v) is 8.97. The highest BCUT2D eigenvalue weighted by molar-refractivity contribution is 7.92. The smallest absolute Gasteiger partial charge is 0.417 e. The van der Waals surface area contributed by atoms with Crippen LogP contribution in [0.2, 0.25) is 0 Å². The van der Waals surface area contributed by atoms with Crippen LogP contribution in [-0.2, 0) is 25.5 Å². The number of ether oxygens (including phenoxy) is 2. The van der Waals surface area contributed by atoms with Gasteiger partial charge in [0.15, 0.2) is 9.84 Å². The first-order chi connectivity index (χ1) is 16.9. The molecule has 36 heavy (non-hydrogen) atoms. The van der Waals surface area contributed by atoms with Gasteiger partial charge in [-0.3, -0.25) is 9.78 Å². The highest BCUT2D eigenvalue weighted by atomic mass is 32.2. The van der Waals surface area contributed by atoms with Gasteiger partial charge in [-0.25, -0.2) is 8.42 Å². The molecule has 1 aromatic heterocycles. The number of carbonyl (C=O) groups is 1. The second-order valence-corrected chi connectivity index (χ2v) is 11.2. The van der Waals surface area contributed by atoms with Crippen molar-refractivity contribution in [2.45, 2.75) is 53.6 Å². The Balaban J connectivity index is 1.67. The standard InChI is InChI=1S/C24H24F3N3O5S/c1-34-16-7-15(11-29-12-16)14-3-4-21(19(8-14)24(25,26)27)36(32,33)17-9-18(20(10-17)35-2)22(31)30-23(13-28)5-6-23/h3-4,7-8,11-12,17-18,20H,5-6,9-10H2,1-2H3,(H,30,31)/t17-,18-,20-/m0/s1. The van der Waals surface area contributed by atoms with Crippen molar-refractivity contribution in [3.63, 3.8) is 0 Å². The van der Waals surface area contributed by atoms with E-state index in [1.807, 2.05) is 6.07 Å². The molecule has 1 N–H and O–H groups in total. The van der Waals surface area contributed by atoms with Gasteiger partial charge < -0.3 is 14.8 Å². The van der Waals surface area contributed by atoms with Crippen molar-refractivity contribution in [1.29, 1.82) is 5.26 Å². The molecule has 1 aromatic carbocycles. The van der Waals surface area contributed by atoms with E-state index in [1.54, 1.807) is 0 Å². The van der Waals surface area contributed by atoms with Crippen LogP contribution in [0.5, 0.6) is 5.75 Å². The van der Waals surface area contributed by atoms with Gasteiger partial charge in [-0.1, -0.05) is 6.07 Å². The maximum absolute atomic E-state index is 14.1. The SMILES string of the molecule is COc1cncc(-c2ccc(S(=O)(=O)[C@@H]3C[C@H](OC)[C@@H](C(=O)NC4(C#N)CC4)C3)c(C(F)(F)F)c2)c1. The number of hydrogen-bond acceptors (Lipinski definition) is 7. The van der Waals surface area contributed by atoms with Crippen LogP contribution in [0.4, 0.5) is 13.2 Å². The van der Waals surface area contributed by atoms with E-state index in [-0.39, 0.29) is 18.4 Å². The molecule has 2 fully saturated rings. The number of nitriles is 1. The Morgan fingerprint density at radius 2 is 1.89 bits per heavy atom. The summed E-state index contributed by atoms with van der Waals surface area (Å²) < 4.78 is 79.5. The number of sulfone groups is 1. The molecule has 0 spiro atoms. The fourth-order valence-corrected chi connectivity index (χ4v) is 6.51. The molecular weight excluding hydrogens is 499 g/mol. The Morgan fingerprint density at radius 3 is 2.47 bits per heavy atom. The predicted molar refractivity (Wildman–Crippen MR) is 121 cm³/mol. The Kier molecular flexibility index (Phi) is 6.74. The van der Waals surface area contributed by atoms with Gasteiger partial charge in [0.1, 0.15) is 11.3 Å². The Bertz CT molecular complexity index is 1320. The number of rotatable bonds is 7. The van der Waals surface area contributed by atoms with Gasteiger partial charge in [-0.15, -0.1) is 0 Å². The summed E-state index contributed by atoms with van der Waals surface area (Å²) >= 11 is 0. The first kappa shape index (κ1) is 25.9. The second kappa shape index (κ2) is 9.37. The van der Waals surface area contributed by atoms with Gasteiger partial charge in [0, 0.05) is 18.9 Å². The quantitative estimate of drug-likeness (QED) is 0.590. The molecule has 8 nitrogen and oxygen atoms in total. The lowest BCUT2D eigenvalue weighted by Gasteiger charge is -2.19. The summed E-state index contributed by atoms with van der Waals surface area (Å²) in [6, 6.07) is 6.53. The van der Waals surface area contributed by atoms with Gasteiger partial charge in [0.25, 0.3) is 0 Å². The molecular formula is C24H24F3N3O5S. The lowest BCUT2D eigenvalue weighted by molar-refractivity contribution is -0.139. The first-order valence-electron chi connectivity index (χ1n) is 11.1. The number of benzene rings is 1. The Hall–Kier alpha value is -3.17. The summed E-state index contributed by atoms with van der Waals surface area (Å²) in [5, 5.41) is 10.6. The number of hydrogen-bond donors (Lipinski definition) is 1. The largest absolute Gasteiger partial charge is 0.495 e. The zero-order chi connectivity index (χ0) is 26.3. The van der Waals surface area contributed by atoms with E-state index in [9.17, 15) is 31.6 Å². The maximum atomic E-state index is 14.1. The zero-order valence-electron chi connectivity index (χ0n) is 19.5. The van der Waals surface area contributed by atoms with Gasteiger partial charge in [0.2, 0.25) is 5.91 Å². The van der Waals surface area contributed by atoms with Crippen molar-refractivity contribution in [1.82, 2.24) is 10.3 Å². The van der Waals surface area contributed by atoms with Crippen molar-refractivity contribution in [2.75, 3.05) is 14.2 Å². The number of pyridine rings is 1. The summed E-state index contributed by atoms with van der Waals surface area (Å²) in [7, 11) is -1.78. The van der Waals surface area contributed by atoms with E-state index in [1.165, 1.54) is 38.7 Å². The first-order valence-corrected chi connectivity index (χ1v) is 12.7. The van der Waals surface area contributed by atoms with Gasteiger partial charge in [-0.2, -0.15) is 18.4 Å². The van der Waals surface area contributed by atoms with Gasteiger partial charge in [-0.05, 0) is 49.4 Å². The minimum Gasteiger partial charge on any atom is -0.495 e.